The number of benzene rings is 1. The van der Waals surface area contributed by atoms with Crippen LogP contribution in [0.25, 0.3) is 0 Å². The van der Waals surface area contributed by atoms with E-state index in [1.165, 1.54) is 19.2 Å². The van der Waals surface area contributed by atoms with Gasteiger partial charge in [-0.05, 0) is 18.2 Å². The van der Waals surface area contributed by atoms with Crippen molar-refractivity contribution in [2.24, 2.45) is 5.14 Å². The molecule has 102 valence electrons. The van der Waals surface area contributed by atoms with Crippen molar-refractivity contribution < 1.29 is 22.7 Å². The number of nitrogens with zero attached hydrogens (tertiary/aromatic N) is 1. The maximum atomic E-state index is 11.7. The lowest BCUT2D eigenvalue weighted by molar-refractivity contribution is -0.121. The summed E-state index contributed by atoms with van der Waals surface area (Å²) in [4.78, 5) is 24.1. The third-order valence-corrected chi connectivity index (χ3v) is 3.68. The minimum Gasteiger partial charge on any atom is -0.495 e. The van der Waals surface area contributed by atoms with Gasteiger partial charge in [0.1, 0.15) is 5.75 Å². The van der Waals surface area contributed by atoms with Crippen molar-refractivity contribution in [2.45, 2.75) is 17.7 Å². The first-order valence-electron chi connectivity index (χ1n) is 5.41. The lowest BCUT2D eigenvalue weighted by Gasteiger charge is -2.17. The summed E-state index contributed by atoms with van der Waals surface area (Å²) in [5, 5.41) is 5.03. The molecule has 0 saturated carbocycles. The molecule has 19 heavy (non-hydrogen) atoms. The van der Waals surface area contributed by atoms with Crippen LogP contribution in [-0.4, -0.2) is 27.3 Å². The number of sulfonamides is 1. The fraction of sp³-hybridized carbons (Fsp3) is 0.273. The zero-order chi connectivity index (χ0) is 14.2. The summed E-state index contributed by atoms with van der Waals surface area (Å²) in [5.74, 6) is -0.555. The van der Waals surface area contributed by atoms with Crippen molar-refractivity contribution in [3.05, 3.63) is 18.2 Å². The molecule has 1 saturated heterocycles. The van der Waals surface area contributed by atoms with Gasteiger partial charge in [0.25, 0.3) is 0 Å². The van der Waals surface area contributed by atoms with Crippen LogP contribution in [0.5, 0.6) is 5.75 Å². The summed E-state index contributed by atoms with van der Waals surface area (Å²) in [6, 6.07) is 3.77. The van der Waals surface area contributed by atoms with Crippen LogP contribution in [0.3, 0.4) is 0 Å². The molecule has 2 amide bonds. The van der Waals surface area contributed by atoms with Crippen LogP contribution in [0, 0.1) is 0 Å². The second kappa shape index (κ2) is 4.63. The van der Waals surface area contributed by atoms with Crippen LogP contribution in [0.2, 0.25) is 0 Å². The number of ether oxygens (including phenoxy) is 1. The van der Waals surface area contributed by atoms with E-state index in [1.54, 1.807) is 0 Å². The molecule has 1 fully saturated rings. The number of methoxy groups -OCH3 is 1. The molecule has 0 atom stereocenters. The Morgan fingerprint density at radius 2 is 1.79 bits per heavy atom. The molecule has 7 nitrogen and oxygen atoms in total. The average molecular weight is 284 g/mol. The van der Waals surface area contributed by atoms with E-state index in [2.05, 4.69) is 0 Å². The molecule has 1 heterocycles. The Hall–Kier alpha value is -1.93. The first kappa shape index (κ1) is 13.5. The largest absolute Gasteiger partial charge is 0.495 e. The highest BCUT2D eigenvalue weighted by Gasteiger charge is 2.33. The van der Waals surface area contributed by atoms with E-state index in [4.69, 9.17) is 9.88 Å². The zero-order valence-electron chi connectivity index (χ0n) is 10.1. The Bertz CT molecular complexity index is 637. The Morgan fingerprint density at radius 3 is 2.26 bits per heavy atom. The van der Waals surface area contributed by atoms with Gasteiger partial charge in [-0.2, -0.15) is 0 Å². The molecule has 0 aromatic heterocycles. The molecule has 1 aliphatic rings. The molecule has 0 spiro atoms. The molecule has 1 aromatic rings. The van der Waals surface area contributed by atoms with Crippen LogP contribution in [0.15, 0.2) is 23.1 Å². The van der Waals surface area contributed by atoms with Crippen LogP contribution < -0.4 is 14.8 Å². The minimum atomic E-state index is -3.92. The second-order valence-corrected chi connectivity index (χ2v) is 5.56. The van der Waals surface area contributed by atoms with E-state index in [0.29, 0.717) is 0 Å². The third-order valence-electron chi connectivity index (χ3n) is 2.77. The average Bonchev–Trinajstić information content (AvgIpc) is 2.67. The van der Waals surface area contributed by atoms with Crippen molar-refractivity contribution >= 4 is 27.5 Å². The lowest BCUT2D eigenvalue weighted by atomic mass is 10.2. The Kier molecular flexibility index (Phi) is 3.29. The maximum Gasteiger partial charge on any atom is 0.238 e. The summed E-state index contributed by atoms with van der Waals surface area (Å²) in [7, 11) is -2.56. The molecular weight excluding hydrogens is 272 g/mol. The van der Waals surface area contributed by atoms with Gasteiger partial charge in [-0.15, -0.1) is 0 Å². The first-order valence-corrected chi connectivity index (χ1v) is 6.96. The number of primary sulfonamides is 1. The molecule has 1 aromatic carbocycles. The van der Waals surface area contributed by atoms with Crippen LogP contribution >= 0.6 is 0 Å². The summed E-state index contributed by atoms with van der Waals surface area (Å²) in [6.45, 7) is 0. The van der Waals surface area contributed by atoms with Crippen molar-refractivity contribution in [1.29, 1.82) is 0 Å². The Balaban J connectivity index is 2.60. The number of carbonyl (C=O) groups is 2. The SMILES string of the molecule is COc1ccc(S(N)(=O)=O)cc1N1C(=O)CCC1=O. The normalized spacial score (nSPS) is 16.0. The van der Waals surface area contributed by atoms with Crippen LogP contribution in [-0.2, 0) is 19.6 Å². The number of hydrogen-bond acceptors (Lipinski definition) is 5. The highest BCUT2D eigenvalue weighted by atomic mass is 32.2. The maximum absolute atomic E-state index is 11.7. The van der Waals surface area contributed by atoms with Gasteiger partial charge in [0.2, 0.25) is 21.8 Å². The highest BCUT2D eigenvalue weighted by Crippen LogP contribution is 2.33. The standard InChI is InChI=1S/C11H12N2O5S/c1-18-9-3-2-7(19(12,16)17)6-8(9)13-10(14)4-5-11(13)15/h2-3,6H,4-5H2,1H3,(H2,12,16,17). The predicted octanol–water partition coefficient (Wildman–Crippen LogP) is -0.00400. The van der Waals surface area contributed by atoms with Gasteiger partial charge in [-0.3, -0.25) is 9.59 Å². The van der Waals surface area contributed by atoms with E-state index < -0.39 is 21.8 Å². The summed E-state index contributed by atoms with van der Waals surface area (Å²) in [5.41, 5.74) is 0.0986. The summed E-state index contributed by atoms with van der Waals surface area (Å²) >= 11 is 0. The topological polar surface area (TPSA) is 107 Å². The predicted molar refractivity (Wildman–Crippen MR) is 66.1 cm³/mol. The molecular formula is C11H12N2O5S. The zero-order valence-corrected chi connectivity index (χ0v) is 10.9. The molecule has 2 N–H and O–H groups in total. The van der Waals surface area contributed by atoms with Crippen molar-refractivity contribution in [3.63, 3.8) is 0 Å². The van der Waals surface area contributed by atoms with Gasteiger partial charge in [0.15, 0.2) is 0 Å². The first-order chi connectivity index (χ1) is 8.84. The number of imide groups is 1. The van der Waals surface area contributed by atoms with E-state index in [9.17, 15) is 18.0 Å². The molecule has 0 bridgehead atoms. The number of carbonyl (C=O) groups excluding carboxylic acids is 2. The second-order valence-electron chi connectivity index (χ2n) is 4.00. The summed E-state index contributed by atoms with van der Waals surface area (Å²) < 4.78 is 27.7. The summed E-state index contributed by atoms with van der Waals surface area (Å²) in [6.07, 6.45) is 0.198. The van der Waals surface area contributed by atoms with Gasteiger partial charge >= 0.3 is 0 Å². The van der Waals surface area contributed by atoms with Crippen molar-refractivity contribution in [2.75, 3.05) is 12.0 Å². The number of nitrogens with two attached hydrogens (primary N) is 1. The van der Waals surface area contributed by atoms with Crippen molar-refractivity contribution in [3.8, 4) is 5.75 Å². The molecule has 0 radical (unpaired) electrons. The number of anilines is 1. The molecule has 8 heteroatoms. The number of amides is 2. The van der Waals surface area contributed by atoms with E-state index >= 15 is 0 Å². The Labute approximate surface area is 110 Å². The lowest BCUT2D eigenvalue weighted by Crippen LogP contribution is -2.29. The van der Waals surface area contributed by atoms with Crippen LogP contribution in [0.1, 0.15) is 12.8 Å². The molecule has 2 rings (SSSR count). The van der Waals surface area contributed by atoms with E-state index in [-0.39, 0.29) is 29.2 Å². The van der Waals surface area contributed by atoms with Gasteiger partial charge in [0.05, 0.1) is 17.7 Å². The van der Waals surface area contributed by atoms with Gasteiger partial charge in [0, 0.05) is 12.8 Å². The van der Waals surface area contributed by atoms with Crippen LogP contribution in [0.4, 0.5) is 5.69 Å². The quantitative estimate of drug-likeness (QED) is 0.786. The van der Waals surface area contributed by atoms with Gasteiger partial charge < -0.3 is 4.74 Å². The molecule has 0 aliphatic carbocycles. The Morgan fingerprint density at radius 1 is 1.21 bits per heavy atom. The van der Waals surface area contributed by atoms with E-state index in [1.807, 2.05) is 0 Å². The fourth-order valence-electron chi connectivity index (χ4n) is 1.87. The van der Waals surface area contributed by atoms with E-state index in [0.717, 1.165) is 11.0 Å². The molecule has 1 aliphatic heterocycles. The molecule has 0 unspecified atom stereocenters. The number of rotatable bonds is 3. The van der Waals surface area contributed by atoms with Crippen molar-refractivity contribution in [1.82, 2.24) is 0 Å². The smallest absolute Gasteiger partial charge is 0.238 e. The minimum absolute atomic E-state index is 0.0986. The number of hydrogen-bond donors (Lipinski definition) is 1. The third kappa shape index (κ3) is 2.45. The fourth-order valence-corrected chi connectivity index (χ4v) is 2.40. The van der Waals surface area contributed by atoms with Gasteiger partial charge in [-0.1, -0.05) is 0 Å². The van der Waals surface area contributed by atoms with Gasteiger partial charge in [-0.25, -0.2) is 18.5 Å². The highest BCUT2D eigenvalue weighted by molar-refractivity contribution is 7.89. The monoisotopic (exact) mass is 284 g/mol.